The summed E-state index contributed by atoms with van der Waals surface area (Å²) in [6, 6.07) is 6.21. The van der Waals surface area contributed by atoms with E-state index in [1.807, 2.05) is 13.8 Å². The van der Waals surface area contributed by atoms with Crippen molar-refractivity contribution >= 4 is 0 Å². The van der Waals surface area contributed by atoms with Crippen LogP contribution in [0.3, 0.4) is 0 Å². The molecule has 1 aromatic rings. The molecule has 0 aromatic heterocycles. The lowest BCUT2D eigenvalue weighted by Crippen LogP contribution is -1.99. The molecule has 0 amide bonds. The van der Waals surface area contributed by atoms with Crippen LogP contribution in [0, 0.1) is 13.8 Å². The second-order valence-corrected chi connectivity index (χ2v) is 3.51. The zero-order valence-electron chi connectivity index (χ0n) is 8.55. The fraction of sp³-hybridized carbons (Fsp3) is 0.333. The average Bonchev–Trinajstić information content (AvgIpc) is 2.06. The van der Waals surface area contributed by atoms with Crippen molar-refractivity contribution in [3.05, 3.63) is 41.5 Å². The maximum absolute atomic E-state index is 5.58. The zero-order valence-corrected chi connectivity index (χ0v) is 8.55. The number of rotatable bonds is 3. The summed E-state index contributed by atoms with van der Waals surface area (Å²) in [5.41, 5.74) is 3.44. The van der Waals surface area contributed by atoms with E-state index in [0.717, 1.165) is 11.3 Å². The summed E-state index contributed by atoms with van der Waals surface area (Å²) >= 11 is 0. The van der Waals surface area contributed by atoms with Crippen LogP contribution in [0.15, 0.2) is 30.4 Å². The molecule has 13 heavy (non-hydrogen) atoms. The van der Waals surface area contributed by atoms with Gasteiger partial charge in [-0.3, -0.25) is 0 Å². The molecule has 0 N–H and O–H groups in total. The molecule has 0 aliphatic rings. The third-order valence-electron chi connectivity index (χ3n) is 1.82. The van der Waals surface area contributed by atoms with Gasteiger partial charge >= 0.3 is 0 Å². The Morgan fingerprint density at radius 3 is 2.69 bits per heavy atom. The van der Waals surface area contributed by atoms with E-state index in [0.29, 0.717) is 6.61 Å². The standard InChI is InChI=1S/C12H16O/c1-9(2)8-13-12-7-10(3)5-6-11(12)4/h5-7H,1,8H2,2-4H3. The van der Waals surface area contributed by atoms with Crippen molar-refractivity contribution in [2.24, 2.45) is 0 Å². The molecule has 0 bridgehead atoms. The van der Waals surface area contributed by atoms with Gasteiger partial charge in [0.15, 0.2) is 0 Å². The first-order chi connectivity index (χ1) is 6.09. The SMILES string of the molecule is C=C(C)COc1cc(C)ccc1C. The maximum atomic E-state index is 5.58. The Kier molecular flexibility index (Phi) is 3.13. The number of benzene rings is 1. The number of ether oxygens (including phenoxy) is 1. The molecular weight excluding hydrogens is 160 g/mol. The molecule has 0 atom stereocenters. The molecule has 0 saturated carbocycles. The van der Waals surface area contributed by atoms with E-state index < -0.39 is 0 Å². The van der Waals surface area contributed by atoms with E-state index in [2.05, 4.69) is 31.7 Å². The summed E-state index contributed by atoms with van der Waals surface area (Å²) in [5, 5.41) is 0. The molecule has 70 valence electrons. The highest BCUT2D eigenvalue weighted by molar-refractivity contribution is 5.36. The first kappa shape index (κ1) is 9.85. The quantitative estimate of drug-likeness (QED) is 0.642. The van der Waals surface area contributed by atoms with Gasteiger partial charge in [-0.15, -0.1) is 0 Å². The summed E-state index contributed by atoms with van der Waals surface area (Å²) < 4.78 is 5.58. The highest BCUT2D eigenvalue weighted by Crippen LogP contribution is 2.19. The molecule has 0 spiro atoms. The van der Waals surface area contributed by atoms with Gasteiger partial charge in [0.2, 0.25) is 0 Å². The Hall–Kier alpha value is -1.24. The van der Waals surface area contributed by atoms with Crippen molar-refractivity contribution in [2.75, 3.05) is 6.61 Å². The zero-order chi connectivity index (χ0) is 9.84. The summed E-state index contributed by atoms with van der Waals surface area (Å²) in [7, 11) is 0. The van der Waals surface area contributed by atoms with Gasteiger partial charge in [-0.2, -0.15) is 0 Å². The Labute approximate surface area is 80.0 Å². The van der Waals surface area contributed by atoms with Crippen LogP contribution in [0.1, 0.15) is 18.1 Å². The molecule has 1 aromatic carbocycles. The van der Waals surface area contributed by atoms with Gasteiger partial charge in [-0.1, -0.05) is 18.7 Å². The molecule has 1 nitrogen and oxygen atoms in total. The first-order valence-corrected chi connectivity index (χ1v) is 4.44. The summed E-state index contributed by atoms with van der Waals surface area (Å²) in [5.74, 6) is 0.961. The molecule has 0 saturated heterocycles. The molecule has 0 aliphatic carbocycles. The molecule has 0 heterocycles. The van der Waals surface area contributed by atoms with Gasteiger partial charge < -0.3 is 4.74 Å². The van der Waals surface area contributed by atoms with Crippen molar-refractivity contribution in [2.45, 2.75) is 20.8 Å². The summed E-state index contributed by atoms with van der Waals surface area (Å²) in [6.07, 6.45) is 0. The minimum absolute atomic E-state index is 0.601. The Morgan fingerprint density at radius 2 is 2.08 bits per heavy atom. The predicted molar refractivity (Wildman–Crippen MR) is 56.2 cm³/mol. The normalized spacial score (nSPS) is 9.77. The Balaban J connectivity index is 2.75. The highest BCUT2D eigenvalue weighted by atomic mass is 16.5. The van der Waals surface area contributed by atoms with Gasteiger partial charge in [-0.05, 0) is 43.5 Å². The van der Waals surface area contributed by atoms with Crippen molar-refractivity contribution in [3.63, 3.8) is 0 Å². The Morgan fingerprint density at radius 1 is 1.38 bits per heavy atom. The maximum Gasteiger partial charge on any atom is 0.122 e. The van der Waals surface area contributed by atoms with Gasteiger partial charge in [0.25, 0.3) is 0 Å². The number of aryl methyl sites for hydroxylation is 2. The lowest BCUT2D eigenvalue weighted by Gasteiger charge is -2.09. The van der Waals surface area contributed by atoms with Gasteiger partial charge in [0.1, 0.15) is 12.4 Å². The van der Waals surface area contributed by atoms with Crippen LogP contribution in [0.5, 0.6) is 5.75 Å². The van der Waals surface area contributed by atoms with E-state index in [1.165, 1.54) is 11.1 Å². The number of hydrogen-bond acceptors (Lipinski definition) is 1. The third kappa shape index (κ3) is 2.94. The van der Waals surface area contributed by atoms with Crippen molar-refractivity contribution in [1.82, 2.24) is 0 Å². The average molecular weight is 176 g/mol. The van der Waals surface area contributed by atoms with Gasteiger partial charge in [-0.25, -0.2) is 0 Å². The topological polar surface area (TPSA) is 9.23 Å². The van der Waals surface area contributed by atoms with Crippen molar-refractivity contribution in [1.29, 1.82) is 0 Å². The van der Waals surface area contributed by atoms with Crippen molar-refractivity contribution < 1.29 is 4.74 Å². The molecular formula is C12H16O. The largest absolute Gasteiger partial charge is 0.489 e. The highest BCUT2D eigenvalue weighted by Gasteiger charge is 1.98. The molecule has 1 heteroatoms. The fourth-order valence-corrected chi connectivity index (χ4v) is 1.06. The van der Waals surface area contributed by atoms with Crippen molar-refractivity contribution in [3.8, 4) is 5.75 Å². The van der Waals surface area contributed by atoms with Crippen LogP contribution in [-0.2, 0) is 0 Å². The smallest absolute Gasteiger partial charge is 0.122 e. The van der Waals surface area contributed by atoms with E-state index >= 15 is 0 Å². The van der Waals surface area contributed by atoms with Crippen LogP contribution in [0.4, 0.5) is 0 Å². The van der Waals surface area contributed by atoms with Gasteiger partial charge in [0.05, 0.1) is 0 Å². The molecule has 0 radical (unpaired) electrons. The molecule has 0 unspecified atom stereocenters. The number of hydrogen-bond donors (Lipinski definition) is 0. The van der Waals surface area contributed by atoms with Crippen LogP contribution in [0.2, 0.25) is 0 Å². The van der Waals surface area contributed by atoms with Crippen LogP contribution < -0.4 is 4.74 Å². The molecule has 1 rings (SSSR count). The fourth-order valence-electron chi connectivity index (χ4n) is 1.06. The lowest BCUT2D eigenvalue weighted by atomic mass is 10.1. The van der Waals surface area contributed by atoms with E-state index in [9.17, 15) is 0 Å². The summed E-state index contributed by atoms with van der Waals surface area (Å²) in [6.45, 7) is 10.5. The monoisotopic (exact) mass is 176 g/mol. The van der Waals surface area contributed by atoms with E-state index in [-0.39, 0.29) is 0 Å². The second kappa shape index (κ2) is 4.13. The molecule has 0 aliphatic heterocycles. The Bertz CT molecular complexity index is 313. The minimum atomic E-state index is 0.601. The summed E-state index contributed by atoms with van der Waals surface area (Å²) in [4.78, 5) is 0. The third-order valence-corrected chi connectivity index (χ3v) is 1.82. The van der Waals surface area contributed by atoms with Crippen LogP contribution in [-0.4, -0.2) is 6.61 Å². The second-order valence-electron chi connectivity index (χ2n) is 3.51. The van der Waals surface area contributed by atoms with Crippen LogP contribution >= 0.6 is 0 Å². The van der Waals surface area contributed by atoms with Gasteiger partial charge in [0, 0.05) is 0 Å². The molecule has 0 fully saturated rings. The van der Waals surface area contributed by atoms with Crippen LogP contribution in [0.25, 0.3) is 0 Å². The van der Waals surface area contributed by atoms with E-state index in [4.69, 9.17) is 4.74 Å². The predicted octanol–water partition coefficient (Wildman–Crippen LogP) is 3.26. The minimum Gasteiger partial charge on any atom is -0.489 e. The lowest BCUT2D eigenvalue weighted by molar-refractivity contribution is 0.350. The van der Waals surface area contributed by atoms with E-state index in [1.54, 1.807) is 0 Å². The first-order valence-electron chi connectivity index (χ1n) is 4.44.